The summed E-state index contributed by atoms with van der Waals surface area (Å²) >= 11 is 1.09. The van der Waals surface area contributed by atoms with E-state index in [1.807, 2.05) is 0 Å². The third kappa shape index (κ3) is 3.70. The van der Waals surface area contributed by atoms with E-state index in [0.29, 0.717) is 12.5 Å². The highest BCUT2D eigenvalue weighted by Gasteiger charge is 2.29. The predicted octanol–water partition coefficient (Wildman–Crippen LogP) is 2.73. The molecular weight excluding hydrogens is 306 g/mol. The molecule has 2 atom stereocenters. The highest BCUT2D eigenvalue weighted by Crippen LogP contribution is 2.31. The number of halogens is 1. The minimum atomic E-state index is -3.67. The van der Waals surface area contributed by atoms with Gasteiger partial charge in [0.15, 0.2) is 0 Å². The summed E-state index contributed by atoms with van der Waals surface area (Å²) < 4.78 is 22.4. The first-order valence-corrected chi connectivity index (χ1v) is 9.31. The van der Waals surface area contributed by atoms with Crippen LogP contribution in [0.15, 0.2) is 16.3 Å². The Morgan fingerprint density at radius 2 is 2.21 bits per heavy atom. The lowest BCUT2D eigenvalue weighted by Crippen LogP contribution is -2.31. The van der Waals surface area contributed by atoms with E-state index in [0.717, 1.165) is 35.5 Å². The van der Waals surface area contributed by atoms with Crippen molar-refractivity contribution in [2.75, 3.05) is 0 Å². The van der Waals surface area contributed by atoms with Gasteiger partial charge in [0.1, 0.15) is 4.21 Å². The van der Waals surface area contributed by atoms with E-state index < -0.39 is 9.05 Å². The number of rotatable bonds is 4. The van der Waals surface area contributed by atoms with E-state index in [9.17, 15) is 13.2 Å². The van der Waals surface area contributed by atoms with Gasteiger partial charge in [-0.25, -0.2) is 8.42 Å². The Morgan fingerprint density at radius 1 is 1.47 bits per heavy atom. The Morgan fingerprint density at radius 3 is 2.74 bits per heavy atom. The lowest BCUT2D eigenvalue weighted by atomic mass is 9.97. The molecule has 1 saturated carbocycles. The van der Waals surface area contributed by atoms with Crippen LogP contribution in [0.25, 0.3) is 0 Å². The van der Waals surface area contributed by atoms with E-state index >= 15 is 0 Å². The lowest BCUT2D eigenvalue weighted by molar-refractivity contribution is -0.126. The molecule has 1 N–H and O–H groups in total. The van der Waals surface area contributed by atoms with Crippen molar-refractivity contribution in [3.8, 4) is 0 Å². The largest absolute Gasteiger partial charge is 0.351 e. The minimum absolute atomic E-state index is 0.0636. The molecule has 1 aliphatic rings. The summed E-state index contributed by atoms with van der Waals surface area (Å²) in [6, 6.07) is 3.14. The maximum absolute atomic E-state index is 12.0. The van der Waals surface area contributed by atoms with Crippen molar-refractivity contribution in [3.63, 3.8) is 0 Å². The van der Waals surface area contributed by atoms with Crippen molar-refractivity contribution >= 4 is 37.0 Å². The summed E-state index contributed by atoms with van der Waals surface area (Å²) in [6.45, 7) is 2.46. The van der Waals surface area contributed by atoms with Crippen molar-refractivity contribution in [2.24, 2.45) is 11.8 Å². The summed E-state index contributed by atoms with van der Waals surface area (Å²) in [5, 5.41) is 2.87. The number of carbonyl (C=O) groups excluding carboxylic acids is 1. The Balaban J connectivity index is 1.92. The van der Waals surface area contributed by atoms with Crippen LogP contribution in [0, 0.1) is 11.8 Å². The Kier molecular flexibility index (Phi) is 4.53. The SMILES string of the molecule is CC1CCCC1C(=O)NCc1ccc(S(=O)(=O)Cl)s1. The van der Waals surface area contributed by atoms with Gasteiger partial charge in [0.25, 0.3) is 9.05 Å². The average Bonchev–Trinajstić information content (AvgIpc) is 2.93. The van der Waals surface area contributed by atoms with Crippen LogP contribution in [0.1, 0.15) is 31.1 Å². The van der Waals surface area contributed by atoms with Crippen molar-refractivity contribution in [1.29, 1.82) is 0 Å². The molecule has 1 aromatic heterocycles. The summed E-state index contributed by atoms with van der Waals surface area (Å²) in [6.07, 6.45) is 3.15. The van der Waals surface area contributed by atoms with Gasteiger partial charge in [0.2, 0.25) is 5.91 Å². The minimum Gasteiger partial charge on any atom is -0.351 e. The molecule has 7 heteroatoms. The topological polar surface area (TPSA) is 63.2 Å². The second-order valence-corrected chi connectivity index (χ2v) is 8.85. The summed E-state index contributed by atoms with van der Waals surface area (Å²) in [4.78, 5) is 12.8. The smallest absolute Gasteiger partial charge is 0.270 e. The van der Waals surface area contributed by atoms with Crippen molar-refractivity contribution in [3.05, 3.63) is 17.0 Å². The molecule has 2 unspecified atom stereocenters. The van der Waals surface area contributed by atoms with Gasteiger partial charge in [-0.1, -0.05) is 13.3 Å². The fourth-order valence-corrected chi connectivity index (χ4v) is 4.49. The molecule has 0 spiro atoms. The summed E-state index contributed by atoms with van der Waals surface area (Å²) in [5.74, 6) is 0.590. The van der Waals surface area contributed by atoms with E-state index in [2.05, 4.69) is 12.2 Å². The molecule has 19 heavy (non-hydrogen) atoms. The summed E-state index contributed by atoms with van der Waals surface area (Å²) in [7, 11) is 1.59. The zero-order chi connectivity index (χ0) is 14.0. The quantitative estimate of drug-likeness (QED) is 0.867. The molecule has 0 saturated heterocycles. The standard InChI is InChI=1S/C12H16ClNO3S2/c1-8-3-2-4-10(8)12(15)14-7-9-5-6-11(18-9)19(13,16)17/h5-6,8,10H,2-4,7H2,1H3,(H,14,15). The first-order chi connectivity index (χ1) is 8.88. The fourth-order valence-electron chi connectivity index (χ4n) is 2.42. The van der Waals surface area contributed by atoms with Crippen LogP contribution in [0.4, 0.5) is 0 Å². The van der Waals surface area contributed by atoms with Gasteiger partial charge in [0.05, 0.1) is 6.54 Å². The molecule has 106 valence electrons. The Bertz CT molecular complexity index is 567. The van der Waals surface area contributed by atoms with Crippen LogP contribution in [0.2, 0.25) is 0 Å². The highest BCUT2D eigenvalue weighted by atomic mass is 35.7. The van der Waals surface area contributed by atoms with Crippen LogP contribution in [-0.4, -0.2) is 14.3 Å². The number of hydrogen-bond acceptors (Lipinski definition) is 4. The van der Waals surface area contributed by atoms with E-state index in [4.69, 9.17) is 10.7 Å². The lowest BCUT2D eigenvalue weighted by Gasteiger charge is -2.14. The van der Waals surface area contributed by atoms with Crippen molar-refractivity contribution in [2.45, 2.75) is 36.9 Å². The molecule has 4 nitrogen and oxygen atoms in total. The third-order valence-corrected chi connectivity index (χ3v) is 6.69. The van der Waals surface area contributed by atoms with Gasteiger partial charge in [0, 0.05) is 21.5 Å². The normalized spacial score (nSPS) is 23.5. The van der Waals surface area contributed by atoms with Crippen molar-refractivity contribution < 1.29 is 13.2 Å². The van der Waals surface area contributed by atoms with Crippen LogP contribution < -0.4 is 5.32 Å². The van der Waals surface area contributed by atoms with Gasteiger partial charge < -0.3 is 5.32 Å². The monoisotopic (exact) mass is 321 g/mol. The molecule has 1 amide bonds. The zero-order valence-corrected chi connectivity index (χ0v) is 12.9. The highest BCUT2D eigenvalue weighted by molar-refractivity contribution is 8.15. The van der Waals surface area contributed by atoms with Gasteiger partial charge in [-0.05, 0) is 30.9 Å². The number of thiophene rings is 1. The molecular formula is C12H16ClNO3S2. The first-order valence-electron chi connectivity index (χ1n) is 6.19. The van der Waals surface area contributed by atoms with Crippen LogP contribution in [0.5, 0.6) is 0 Å². The molecule has 0 bridgehead atoms. The van der Waals surface area contributed by atoms with E-state index in [1.165, 1.54) is 6.07 Å². The second kappa shape index (κ2) is 5.81. The van der Waals surface area contributed by atoms with Crippen LogP contribution in [-0.2, 0) is 20.4 Å². The van der Waals surface area contributed by atoms with Crippen molar-refractivity contribution in [1.82, 2.24) is 5.32 Å². The zero-order valence-electron chi connectivity index (χ0n) is 10.6. The predicted molar refractivity (Wildman–Crippen MR) is 75.7 cm³/mol. The number of amides is 1. The fraction of sp³-hybridized carbons (Fsp3) is 0.583. The third-order valence-electron chi connectivity index (χ3n) is 3.51. The van der Waals surface area contributed by atoms with Crippen LogP contribution >= 0.6 is 22.0 Å². The van der Waals surface area contributed by atoms with E-state index in [-0.39, 0.29) is 16.0 Å². The number of carbonyl (C=O) groups is 1. The molecule has 0 aromatic carbocycles. The van der Waals surface area contributed by atoms with E-state index in [1.54, 1.807) is 6.07 Å². The second-order valence-electron chi connectivity index (χ2n) is 4.89. The van der Waals surface area contributed by atoms with Gasteiger partial charge in [-0.3, -0.25) is 4.79 Å². The summed E-state index contributed by atoms with van der Waals surface area (Å²) in [5.41, 5.74) is 0. The van der Waals surface area contributed by atoms with Gasteiger partial charge >= 0.3 is 0 Å². The van der Waals surface area contributed by atoms with Gasteiger partial charge in [-0.15, -0.1) is 11.3 Å². The Hall–Kier alpha value is -0.590. The molecule has 1 heterocycles. The molecule has 0 aliphatic heterocycles. The molecule has 2 rings (SSSR count). The Labute approximate surface area is 121 Å². The first kappa shape index (κ1) is 14.8. The maximum Gasteiger partial charge on any atom is 0.270 e. The molecule has 1 fully saturated rings. The average molecular weight is 322 g/mol. The molecule has 1 aromatic rings. The number of nitrogens with one attached hydrogen (secondary N) is 1. The van der Waals surface area contributed by atoms with Gasteiger partial charge in [-0.2, -0.15) is 0 Å². The van der Waals surface area contributed by atoms with Crippen LogP contribution in [0.3, 0.4) is 0 Å². The number of hydrogen-bond donors (Lipinski definition) is 1. The molecule has 1 aliphatic carbocycles. The maximum atomic E-state index is 12.0. The molecule has 0 radical (unpaired) electrons.